The molecule has 0 saturated carbocycles. The van der Waals surface area contributed by atoms with Crippen LogP contribution in [0.2, 0.25) is 0 Å². The SMILES string of the molecule is CCC1=C(CC)C(CC)(C(CC)C(=O)O)OC1=O. The Hall–Kier alpha value is -1.32. The van der Waals surface area contributed by atoms with Gasteiger partial charge in [0.2, 0.25) is 0 Å². The first-order valence-electron chi connectivity index (χ1n) is 6.66. The van der Waals surface area contributed by atoms with Crippen molar-refractivity contribution in [3.8, 4) is 0 Å². The molecule has 4 heteroatoms. The minimum absolute atomic E-state index is 0.337. The highest BCUT2D eigenvalue weighted by Crippen LogP contribution is 2.45. The molecule has 1 rings (SSSR count). The van der Waals surface area contributed by atoms with Crippen molar-refractivity contribution < 1.29 is 19.4 Å². The normalized spacial score (nSPS) is 25.2. The Morgan fingerprint density at radius 3 is 2.22 bits per heavy atom. The number of carbonyl (C=O) groups is 2. The Morgan fingerprint density at radius 2 is 1.89 bits per heavy atom. The van der Waals surface area contributed by atoms with E-state index < -0.39 is 17.5 Å². The van der Waals surface area contributed by atoms with Crippen molar-refractivity contribution in [3.05, 3.63) is 11.1 Å². The van der Waals surface area contributed by atoms with Gasteiger partial charge in [0.15, 0.2) is 0 Å². The molecule has 0 aromatic carbocycles. The van der Waals surface area contributed by atoms with Crippen LogP contribution in [0.4, 0.5) is 0 Å². The van der Waals surface area contributed by atoms with Crippen molar-refractivity contribution in [2.24, 2.45) is 5.92 Å². The van der Waals surface area contributed by atoms with Gasteiger partial charge >= 0.3 is 11.9 Å². The third-order valence-electron chi connectivity index (χ3n) is 3.90. The van der Waals surface area contributed by atoms with E-state index in [0.29, 0.717) is 31.3 Å². The molecule has 4 nitrogen and oxygen atoms in total. The van der Waals surface area contributed by atoms with Crippen molar-refractivity contribution in [2.45, 2.75) is 59.0 Å². The van der Waals surface area contributed by atoms with Crippen LogP contribution in [-0.2, 0) is 14.3 Å². The van der Waals surface area contributed by atoms with Gasteiger partial charge in [-0.15, -0.1) is 0 Å². The smallest absolute Gasteiger partial charge is 0.334 e. The Labute approximate surface area is 108 Å². The zero-order valence-electron chi connectivity index (χ0n) is 11.6. The van der Waals surface area contributed by atoms with E-state index in [0.717, 1.165) is 5.57 Å². The van der Waals surface area contributed by atoms with Gasteiger partial charge in [0.1, 0.15) is 11.5 Å². The van der Waals surface area contributed by atoms with Gasteiger partial charge in [-0.05, 0) is 31.3 Å². The lowest BCUT2D eigenvalue weighted by Crippen LogP contribution is -2.44. The van der Waals surface area contributed by atoms with Crippen molar-refractivity contribution in [3.63, 3.8) is 0 Å². The molecule has 0 spiro atoms. The first-order chi connectivity index (χ1) is 8.48. The van der Waals surface area contributed by atoms with Gasteiger partial charge in [0, 0.05) is 5.57 Å². The molecule has 0 aromatic rings. The van der Waals surface area contributed by atoms with E-state index in [4.69, 9.17) is 4.74 Å². The zero-order valence-corrected chi connectivity index (χ0v) is 11.6. The summed E-state index contributed by atoms with van der Waals surface area (Å²) in [6.45, 7) is 7.56. The monoisotopic (exact) mass is 254 g/mol. The fourth-order valence-corrected chi connectivity index (χ4v) is 3.05. The molecule has 2 unspecified atom stereocenters. The Bertz CT molecular complexity index is 383. The van der Waals surface area contributed by atoms with Gasteiger partial charge in [-0.3, -0.25) is 4.79 Å². The highest BCUT2D eigenvalue weighted by Gasteiger charge is 2.52. The van der Waals surface area contributed by atoms with Gasteiger partial charge in [-0.2, -0.15) is 0 Å². The number of carboxylic acids is 1. The van der Waals surface area contributed by atoms with Crippen LogP contribution in [0, 0.1) is 5.92 Å². The summed E-state index contributed by atoms with van der Waals surface area (Å²) in [6.07, 6.45) is 2.22. The number of esters is 1. The second-order valence-electron chi connectivity index (χ2n) is 4.60. The quantitative estimate of drug-likeness (QED) is 0.740. The minimum atomic E-state index is -0.933. The molecule has 1 heterocycles. The van der Waals surface area contributed by atoms with Crippen molar-refractivity contribution in [2.75, 3.05) is 0 Å². The number of aliphatic carboxylic acids is 1. The highest BCUT2D eigenvalue weighted by molar-refractivity contribution is 5.94. The molecule has 1 N–H and O–H groups in total. The molecule has 1 aliphatic heterocycles. The Balaban J connectivity index is 3.36. The van der Waals surface area contributed by atoms with Crippen LogP contribution < -0.4 is 0 Å². The predicted octanol–water partition coefficient (Wildman–Crippen LogP) is 2.92. The molecule has 2 atom stereocenters. The summed E-state index contributed by atoms with van der Waals surface area (Å²) in [5, 5.41) is 9.37. The fraction of sp³-hybridized carbons (Fsp3) is 0.714. The molecule has 1 aliphatic rings. The summed E-state index contributed by atoms with van der Waals surface area (Å²) in [5.41, 5.74) is 0.614. The Morgan fingerprint density at radius 1 is 1.28 bits per heavy atom. The van der Waals surface area contributed by atoms with E-state index in [1.165, 1.54) is 0 Å². The van der Waals surface area contributed by atoms with Crippen LogP contribution in [0.3, 0.4) is 0 Å². The summed E-state index contributed by atoms with van der Waals surface area (Å²) in [6, 6.07) is 0. The lowest BCUT2D eigenvalue weighted by molar-refractivity contribution is -0.162. The lowest BCUT2D eigenvalue weighted by Gasteiger charge is -2.34. The van der Waals surface area contributed by atoms with E-state index in [9.17, 15) is 14.7 Å². The number of hydrogen-bond acceptors (Lipinski definition) is 3. The average molecular weight is 254 g/mol. The maximum atomic E-state index is 11.9. The maximum Gasteiger partial charge on any atom is 0.334 e. The van der Waals surface area contributed by atoms with Crippen LogP contribution in [-0.4, -0.2) is 22.6 Å². The number of ether oxygens (including phenoxy) is 1. The van der Waals surface area contributed by atoms with E-state index in [1.807, 2.05) is 27.7 Å². The first kappa shape index (κ1) is 14.7. The second kappa shape index (κ2) is 5.55. The average Bonchev–Trinajstić information content (AvgIpc) is 2.61. The number of hydrogen-bond donors (Lipinski definition) is 1. The topological polar surface area (TPSA) is 63.6 Å². The van der Waals surface area contributed by atoms with Crippen LogP contribution in [0.25, 0.3) is 0 Å². The molecule has 0 aliphatic carbocycles. The molecule has 0 fully saturated rings. The molecule has 0 saturated heterocycles. The van der Waals surface area contributed by atoms with Crippen LogP contribution in [0.15, 0.2) is 11.1 Å². The number of rotatable bonds is 6. The van der Waals surface area contributed by atoms with Gasteiger partial charge in [0.05, 0.1) is 0 Å². The Kier molecular flexibility index (Phi) is 4.54. The molecule has 102 valence electrons. The summed E-state index contributed by atoms with van der Waals surface area (Å²) in [5.74, 6) is -1.89. The predicted molar refractivity (Wildman–Crippen MR) is 68.1 cm³/mol. The van der Waals surface area contributed by atoms with Gasteiger partial charge in [-0.25, -0.2) is 4.79 Å². The number of carbonyl (C=O) groups excluding carboxylic acids is 1. The summed E-state index contributed by atoms with van der Waals surface area (Å²) in [4.78, 5) is 23.3. The molecular weight excluding hydrogens is 232 g/mol. The van der Waals surface area contributed by atoms with Crippen molar-refractivity contribution in [1.82, 2.24) is 0 Å². The van der Waals surface area contributed by atoms with Gasteiger partial charge in [0.25, 0.3) is 0 Å². The van der Waals surface area contributed by atoms with Gasteiger partial charge < -0.3 is 9.84 Å². The summed E-state index contributed by atoms with van der Waals surface area (Å²) >= 11 is 0. The van der Waals surface area contributed by atoms with Crippen LogP contribution >= 0.6 is 0 Å². The van der Waals surface area contributed by atoms with Crippen molar-refractivity contribution >= 4 is 11.9 Å². The highest BCUT2D eigenvalue weighted by atomic mass is 16.6. The molecule has 0 bridgehead atoms. The second-order valence-corrected chi connectivity index (χ2v) is 4.60. The molecule has 0 aromatic heterocycles. The van der Waals surface area contributed by atoms with E-state index >= 15 is 0 Å². The molecular formula is C14H22O4. The largest absolute Gasteiger partial charge is 0.481 e. The van der Waals surface area contributed by atoms with Crippen LogP contribution in [0.5, 0.6) is 0 Å². The standard InChI is InChI=1S/C14H22O4/c1-5-9-10(6-2)14(8-4,18-13(9)17)11(7-3)12(15)16/h11H,5-8H2,1-4H3,(H,15,16). The third kappa shape index (κ3) is 2.04. The molecule has 0 radical (unpaired) electrons. The third-order valence-corrected chi connectivity index (χ3v) is 3.90. The molecule has 0 amide bonds. The van der Waals surface area contributed by atoms with E-state index in [1.54, 1.807) is 0 Å². The zero-order chi connectivity index (χ0) is 13.9. The van der Waals surface area contributed by atoms with E-state index in [2.05, 4.69) is 0 Å². The molecule has 18 heavy (non-hydrogen) atoms. The maximum absolute atomic E-state index is 11.9. The first-order valence-corrected chi connectivity index (χ1v) is 6.66. The summed E-state index contributed by atoms with van der Waals surface area (Å²) in [7, 11) is 0. The summed E-state index contributed by atoms with van der Waals surface area (Å²) < 4.78 is 5.53. The minimum Gasteiger partial charge on any atom is -0.481 e. The van der Waals surface area contributed by atoms with Crippen LogP contribution in [0.1, 0.15) is 53.4 Å². The fourth-order valence-electron chi connectivity index (χ4n) is 3.05. The van der Waals surface area contributed by atoms with Gasteiger partial charge in [-0.1, -0.05) is 27.7 Å². The van der Waals surface area contributed by atoms with E-state index in [-0.39, 0.29) is 5.97 Å². The van der Waals surface area contributed by atoms with Crippen molar-refractivity contribution in [1.29, 1.82) is 0 Å². The lowest BCUT2D eigenvalue weighted by atomic mass is 9.75. The number of carboxylic acid groups (broad SMARTS) is 1. The number of cyclic esters (lactones) is 1.